The summed E-state index contributed by atoms with van der Waals surface area (Å²) in [6.45, 7) is 2.07. The van der Waals surface area contributed by atoms with E-state index in [-0.39, 0.29) is 5.54 Å². The highest BCUT2D eigenvalue weighted by Crippen LogP contribution is 2.37. The van der Waals surface area contributed by atoms with Gasteiger partial charge in [0.15, 0.2) is 0 Å². The number of hydrogen-bond acceptors (Lipinski definition) is 2. The highest BCUT2D eigenvalue weighted by Gasteiger charge is 2.37. The standard InChI is InChI=1S/C13H18BrNO/c1-9-7-10(3-4-13(15)5-6-13)8-11(14)12(9)16-2/h7-8H,3-6,15H2,1-2H3. The zero-order valence-corrected chi connectivity index (χ0v) is 11.4. The third kappa shape index (κ3) is 2.58. The molecule has 2 N–H and O–H groups in total. The van der Waals surface area contributed by atoms with E-state index in [2.05, 4.69) is 35.0 Å². The Kier molecular flexibility index (Phi) is 3.27. The fraction of sp³-hybridized carbons (Fsp3) is 0.538. The van der Waals surface area contributed by atoms with Gasteiger partial charge in [-0.1, -0.05) is 6.07 Å². The molecule has 1 aromatic carbocycles. The monoisotopic (exact) mass is 283 g/mol. The van der Waals surface area contributed by atoms with Crippen LogP contribution in [0, 0.1) is 6.92 Å². The van der Waals surface area contributed by atoms with Gasteiger partial charge in [0.1, 0.15) is 5.75 Å². The van der Waals surface area contributed by atoms with Gasteiger partial charge in [0.25, 0.3) is 0 Å². The van der Waals surface area contributed by atoms with Crippen LogP contribution in [0.3, 0.4) is 0 Å². The van der Waals surface area contributed by atoms with Crippen molar-refractivity contribution in [3.05, 3.63) is 27.7 Å². The van der Waals surface area contributed by atoms with E-state index in [4.69, 9.17) is 10.5 Å². The van der Waals surface area contributed by atoms with Gasteiger partial charge in [0, 0.05) is 5.54 Å². The molecule has 0 bridgehead atoms. The first-order chi connectivity index (χ1) is 7.54. The van der Waals surface area contributed by atoms with E-state index in [1.807, 2.05) is 0 Å². The molecule has 2 rings (SSSR count). The molecule has 0 unspecified atom stereocenters. The van der Waals surface area contributed by atoms with Crippen LogP contribution in [0.15, 0.2) is 16.6 Å². The molecule has 1 aliphatic rings. The predicted molar refractivity (Wildman–Crippen MR) is 69.9 cm³/mol. The first-order valence-electron chi connectivity index (χ1n) is 5.66. The smallest absolute Gasteiger partial charge is 0.135 e. The Morgan fingerprint density at radius 3 is 2.62 bits per heavy atom. The van der Waals surface area contributed by atoms with Crippen molar-refractivity contribution >= 4 is 15.9 Å². The minimum Gasteiger partial charge on any atom is -0.495 e. The van der Waals surface area contributed by atoms with Gasteiger partial charge in [0.2, 0.25) is 0 Å². The average Bonchev–Trinajstić information content (AvgIpc) is 2.94. The molecule has 0 heterocycles. The number of halogens is 1. The Morgan fingerprint density at radius 1 is 1.44 bits per heavy atom. The van der Waals surface area contributed by atoms with E-state index >= 15 is 0 Å². The van der Waals surface area contributed by atoms with Crippen molar-refractivity contribution < 1.29 is 4.74 Å². The van der Waals surface area contributed by atoms with Crippen LogP contribution in [0.25, 0.3) is 0 Å². The van der Waals surface area contributed by atoms with Gasteiger partial charge in [-0.3, -0.25) is 0 Å². The molecule has 16 heavy (non-hydrogen) atoms. The molecule has 0 spiro atoms. The third-order valence-corrected chi connectivity index (χ3v) is 3.89. The molecule has 1 fully saturated rings. The molecule has 3 heteroatoms. The van der Waals surface area contributed by atoms with Gasteiger partial charge in [0.05, 0.1) is 11.6 Å². The molecular formula is C13H18BrNO. The van der Waals surface area contributed by atoms with E-state index < -0.39 is 0 Å². The fourth-order valence-electron chi connectivity index (χ4n) is 2.01. The molecule has 1 saturated carbocycles. The SMILES string of the molecule is COc1c(C)cc(CCC2(N)CC2)cc1Br. The minimum atomic E-state index is 0.139. The molecule has 0 aliphatic heterocycles. The normalized spacial score (nSPS) is 17.2. The second-order valence-electron chi connectivity index (χ2n) is 4.79. The summed E-state index contributed by atoms with van der Waals surface area (Å²) in [5.41, 5.74) is 8.74. The Morgan fingerprint density at radius 2 is 2.12 bits per heavy atom. The van der Waals surface area contributed by atoms with Crippen molar-refractivity contribution in [3.8, 4) is 5.75 Å². The van der Waals surface area contributed by atoms with Crippen LogP contribution in [0.5, 0.6) is 5.75 Å². The molecular weight excluding hydrogens is 266 g/mol. The molecule has 0 saturated heterocycles. The lowest BCUT2D eigenvalue weighted by atomic mass is 10.0. The number of methoxy groups -OCH3 is 1. The number of hydrogen-bond donors (Lipinski definition) is 1. The van der Waals surface area contributed by atoms with Gasteiger partial charge in [-0.15, -0.1) is 0 Å². The molecule has 0 radical (unpaired) electrons. The largest absolute Gasteiger partial charge is 0.495 e. The Balaban J connectivity index is 2.10. The topological polar surface area (TPSA) is 35.2 Å². The molecule has 1 aliphatic carbocycles. The van der Waals surface area contributed by atoms with E-state index in [0.717, 1.165) is 23.1 Å². The van der Waals surface area contributed by atoms with Crippen molar-refractivity contribution in [2.45, 2.75) is 38.1 Å². The molecule has 2 nitrogen and oxygen atoms in total. The number of benzene rings is 1. The van der Waals surface area contributed by atoms with Crippen LogP contribution < -0.4 is 10.5 Å². The van der Waals surface area contributed by atoms with Crippen LogP contribution in [0.2, 0.25) is 0 Å². The number of rotatable bonds is 4. The van der Waals surface area contributed by atoms with Gasteiger partial charge in [-0.25, -0.2) is 0 Å². The summed E-state index contributed by atoms with van der Waals surface area (Å²) in [4.78, 5) is 0. The Bertz CT molecular complexity index is 376. The Hall–Kier alpha value is -0.540. The van der Waals surface area contributed by atoms with E-state index in [0.29, 0.717) is 0 Å². The zero-order valence-electron chi connectivity index (χ0n) is 9.85. The van der Waals surface area contributed by atoms with Crippen molar-refractivity contribution in [1.29, 1.82) is 0 Å². The molecule has 88 valence electrons. The average molecular weight is 284 g/mol. The maximum absolute atomic E-state index is 6.09. The van der Waals surface area contributed by atoms with Crippen molar-refractivity contribution in [2.24, 2.45) is 5.73 Å². The van der Waals surface area contributed by atoms with Gasteiger partial charge in [-0.2, -0.15) is 0 Å². The lowest BCUT2D eigenvalue weighted by molar-refractivity contribution is 0.408. The van der Waals surface area contributed by atoms with Crippen LogP contribution in [-0.2, 0) is 6.42 Å². The maximum Gasteiger partial charge on any atom is 0.135 e. The molecule has 0 atom stereocenters. The summed E-state index contributed by atoms with van der Waals surface area (Å²) in [5.74, 6) is 0.928. The third-order valence-electron chi connectivity index (χ3n) is 3.30. The second kappa shape index (κ2) is 4.38. The van der Waals surface area contributed by atoms with E-state index in [9.17, 15) is 0 Å². The second-order valence-corrected chi connectivity index (χ2v) is 5.64. The highest BCUT2D eigenvalue weighted by molar-refractivity contribution is 9.10. The summed E-state index contributed by atoms with van der Waals surface area (Å²) in [5, 5.41) is 0. The van der Waals surface area contributed by atoms with Crippen LogP contribution >= 0.6 is 15.9 Å². The molecule has 0 aromatic heterocycles. The summed E-state index contributed by atoms with van der Waals surface area (Å²) in [7, 11) is 1.70. The van der Waals surface area contributed by atoms with Crippen molar-refractivity contribution in [2.75, 3.05) is 7.11 Å². The summed E-state index contributed by atoms with van der Waals surface area (Å²) in [6.07, 6.45) is 4.51. The number of nitrogens with two attached hydrogens (primary N) is 1. The van der Waals surface area contributed by atoms with Crippen LogP contribution in [0.1, 0.15) is 30.4 Å². The van der Waals surface area contributed by atoms with Gasteiger partial charge in [-0.05, 0) is 65.7 Å². The zero-order chi connectivity index (χ0) is 11.8. The maximum atomic E-state index is 6.09. The van der Waals surface area contributed by atoms with Gasteiger partial charge < -0.3 is 10.5 Å². The minimum absolute atomic E-state index is 0.139. The molecule has 1 aromatic rings. The van der Waals surface area contributed by atoms with Crippen LogP contribution in [-0.4, -0.2) is 12.6 Å². The predicted octanol–water partition coefficient (Wildman–Crippen LogP) is 3.19. The lowest BCUT2D eigenvalue weighted by Crippen LogP contribution is -2.22. The Labute approximate surface area is 105 Å². The summed E-state index contributed by atoms with van der Waals surface area (Å²) < 4.78 is 6.35. The quantitative estimate of drug-likeness (QED) is 0.921. The van der Waals surface area contributed by atoms with Gasteiger partial charge >= 0.3 is 0 Å². The number of ether oxygens (including phenoxy) is 1. The summed E-state index contributed by atoms with van der Waals surface area (Å²) in [6, 6.07) is 4.33. The number of aryl methyl sites for hydroxylation is 2. The fourth-order valence-corrected chi connectivity index (χ4v) is 2.78. The summed E-state index contributed by atoms with van der Waals surface area (Å²) >= 11 is 3.54. The highest BCUT2D eigenvalue weighted by atomic mass is 79.9. The van der Waals surface area contributed by atoms with Crippen LogP contribution in [0.4, 0.5) is 0 Å². The van der Waals surface area contributed by atoms with Crippen molar-refractivity contribution in [3.63, 3.8) is 0 Å². The van der Waals surface area contributed by atoms with Crippen molar-refractivity contribution in [1.82, 2.24) is 0 Å². The van der Waals surface area contributed by atoms with E-state index in [1.165, 1.54) is 24.0 Å². The first kappa shape index (κ1) is 11.9. The van der Waals surface area contributed by atoms with E-state index in [1.54, 1.807) is 7.11 Å². The molecule has 0 amide bonds. The first-order valence-corrected chi connectivity index (χ1v) is 6.45. The lowest BCUT2D eigenvalue weighted by Gasteiger charge is -2.12.